The normalized spacial score (nSPS) is 10.4. The molecule has 0 heterocycles. The fourth-order valence-electron chi connectivity index (χ4n) is 2.78. The van der Waals surface area contributed by atoms with E-state index in [1.165, 1.54) is 13.2 Å². The zero-order valence-corrected chi connectivity index (χ0v) is 16.1. The van der Waals surface area contributed by atoms with E-state index in [4.69, 9.17) is 16.3 Å². The van der Waals surface area contributed by atoms with Crippen molar-refractivity contribution in [2.24, 2.45) is 0 Å². The number of allylic oxidation sites excluding steroid dienone is 2. The topological polar surface area (TPSA) is 83.8 Å². The molecule has 0 unspecified atom stereocenters. The average molecular weight is 389 g/mol. The molecule has 0 aliphatic rings. The Labute approximate surface area is 162 Å². The van der Waals surface area contributed by atoms with Crippen LogP contribution in [0.25, 0.3) is 0 Å². The Morgan fingerprint density at radius 3 is 2.30 bits per heavy atom. The summed E-state index contributed by atoms with van der Waals surface area (Å²) in [5.74, 6) is -1.67. The van der Waals surface area contributed by atoms with Crippen molar-refractivity contribution >= 4 is 23.4 Å². The number of Topliss-reactive ketones (excluding diaryl/α,β-unsaturated/α-hetero) is 1. The van der Waals surface area contributed by atoms with Crippen molar-refractivity contribution in [3.05, 3.63) is 69.3 Å². The molecule has 0 saturated heterocycles. The van der Waals surface area contributed by atoms with E-state index in [0.717, 1.165) is 5.57 Å². The minimum Gasteiger partial charge on any atom is -0.507 e. The van der Waals surface area contributed by atoms with Crippen LogP contribution >= 0.6 is 11.6 Å². The lowest BCUT2D eigenvalue weighted by Gasteiger charge is -2.17. The number of hydrogen-bond donors (Lipinski definition) is 2. The molecule has 0 bridgehead atoms. The van der Waals surface area contributed by atoms with Gasteiger partial charge in [0.2, 0.25) is 0 Å². The van der Waals surface area contributed by atoms with Crippen molar-refractivity contribution in [3.63, 3.8) is 0 Å². The number of carbonyl (C=O) groups is 2. The fourth-order valence-corrected chi connectivity index (χ4v) is 2.91. The maximum absolute atomic E-state index is 12.7. The van der Waals surface area contributed by atoms with Gasteiger partial charge in [-0.25, -0.2) is 4.79 Å². The van der Waals surface area contributed by atoms with Crippen LogP contribution in [0.4, 0.5) is 0 Å². The SMILES string of the molecule is COc1cc(O)c(C(=O)O)c(CC(=O)c2ccc(Cl)cc2)c1CC=C(C)C. The van der Waals surface area contributed by atoms with Crippen molar-refractivity contribution in [2.75, 3.05) is 7.11 Å². The second-order valence-electron chi connectivity index (χ2n) is 6.33. The molecule has 6 heteroatoms. The van der Waals surface area contributed by atoms with Gasteiger partial charge >= 0.3 is 5.97 Å². The Kier molecular flexibility index (Phi) is 6.64. The molecular weight excluding hydrogens is 368 g/mol. The number of ketones is 1. The number of carboxylic acid groups (broad SMARTS) is 1. The maximum atomic E-state index is 12.7. The van der Waals surface area contributed by atoms with Crippen LogP contribution in [0.15, 0.2) is 42.0 Å². The standard InChI is InChI=1S/C21H21ClO5/c1-12(2)4-9-15-16(10-17(23)13-5-7-14(22)8-6-13)20(21(25)26)18(24)11-19(15)27-3/h4-8,11,24H,9-10H2,1-3H3,(H,25,26). The Hall–Kier alpha value is -2.79. The summed E-state index contributed by atoms with van der Waals surface area (Å²) in [7, 11) is 1.44. The zero-order chi connectivity index (χ0) is 20.1. The number of carboxylic acids is 1. The number of aromatic carboxylic acids is 1. The highest BCUT2D eigenvalue weighted by molar-refractivity contribution is 6.30. The Morgan fingerprint density at radius 2 is 1.78 bits per heavy atom. The van der Waals surface area contributed by atoms with Crippen molar-refractivity contribution in [2.45, 2.75) is 26.7 Å². The Morgan fingerprint density at radius 1 is 1.15 bits per heavy atom. The monoisotopic (exact) mass is 388 g/mol. The molecule has 0 aliphatic carbocycles. The van der Waals surface area contributed by atoms with Crippen molar-refractivity contribution in [1.29, 1.82) is 0 Å². The van der Waals surface area contributed by atoms with Gasteiger partial charge in [-0.3, -0.25) is 4.79 Å². The van der Waals surface area contributed by atoms with E-state index in [-0.39, 0.29) is 23.3 Å². The highest BCUT2D eigenvalue weighted by atomic mass is 35.5. The van der Waals surface area contributed by atoms with Gasteiger partial charge in [0.05, 0.1) is 7.11 Å². The molecular formula is C21H21ClO5. The van der Waals surface area contributed by atoms with Crippen LogP contribution in [0.5, 0.6) is 11.5 Å². The molecule has 0 aliphatic heterocycles. The number of rotatable bonds is 7. The molecule has 0 spiro atoms. The molecule has 2 aromatic rings. The summed E-state index contributed by atoms with van der Waals surface area (Å²) >= 11 is 5.85. The summed E-state index contributed by atoms with van der Waals surface area (Å²) in [5.41, 5.74) is 1.98. The van der Waals surface area contributed by atoms with Gasteiger partial charge in [-0.15, -0.1) is 0 Å². The van der Waals surface area contributed by atoms with Crippen molar-refractivity contribution in [1.82, 2.24) is 0 Å². The van der Waals surface area contributed by atoms with Crippen LogP contribution in [0.2, 0.25) is 5.02 Å². The Bertz CT molecular complexity index is 894. The molecule has 0 aromatic heterocycles. The minimum absolute atomic E-state index is 0.181. The van der Waals surface area contributed by atoms with Gasteiger partial charge in [0.15, 0.2) is 5.78 Å². The summed E-state index contributed by atoms with van der Waals surface area (Å²) < 4.78 is 5.33. The summed E-state index contributed by atoms with van der Waals surface area (Å²) in [4.78, 5) is 24.5. The summed E-state index contributed by atoms with van der Waals surface area (Å²) in [5, 5.41) is 20.3. The number of aromatic hydroxyl groups is 1. The van der Waals surface area contributed by atoms with Gasteiger partial charge in [-0.1, -0.05) is 23.3 Å². The smallest absolute Gasteiger partial charge is 0.339 e. The molecule has 2 aromatic carbocycles. The molecule has 0 saturated carbocycles. The molecule has 0 fully saturated rings. The van der Waals surface area contributed by atoms with Gasteiger partial charge < -0.3 is 14.9 Å². The van der Waals surface area contributed by atoms with Gasteiger partial charge in [0.1, 0.15) is 17.1 Å². The molecule has 5 nitrogen and oxygen atoms in total. The lowest BCUT2D eigenvalue weighted by atomic mass is 9.91. The fraction of sp³-hybridized carbons (Fsp3) is 0.238. The second kappa shape index (κ2) is 8.73. The van der Waals surface area contributed by atoms with Crippen LogP contribution in [0, 0.1) is 0 Å². The van der Waals surface area contributed by atoms with Gasteiger partial charge in [0, 0.05) is 28.6 Å². The van der Waals surface area contributed by atoms with E-state index < -0.39 is 11.7 Å². The van der Waals surface area contributed by atoms with E-state index in [1.807, 2.05) is 19.9 Å². The third-order valence-electron chi connectivity index (χ3n) is 4.14. The van der Waals surface area contributed by atoms with E-state index >= 15 is 0 Å². The first-order valence-electron chi connectivity index (χ1n) is 8.31. The number of halogens is 1. The van der Waals surface area contributed by atoms with Crippen LogP contribution < -0.4 is 4.74 Å². The zero-order valence-electron chi connectivity index (χ0n) is 15.4. The number of benzene rings is 2. The number of phenols is 1. The number of ether oxygens (including phenoxy) is 1. The van der Waals surface area contributed by atoms with E-state index in [0.29, 0.717) is 28.3 Å². The first-order chi connectivity index (χ1) is 12.7. The van der Waals surface area contributed by atoms with Gasteiger partial charge in [-0.2, -0.15) is 0 Å². The summed E-state index contributed by atoms with van der Waals surface area (Å²) in [6.45, 7) is 3.84. The number of hydrogen-bond acceptors (Lipinski definition) is 4. The second-order valence-corrected chi connectivity index (χ2v) is 6.76. The van der Waals surface area contributed by atoms with Crippen molar-refractivity contribution < 1.29 is 24.5 Å². The summed E-state index contributed by atoms with van der Waals surface area (Å²) in [6, 6.07) is 7.63. The third kappa shape index (κ3) is 4.89. The predicted molar refractivity (Wildman–Crippen MR) is 104 cm³/mol. The average Bonchev–Trinajstić information content (AvgIpc) is 2.60. The molecule has 0 radical (unpaired) electrons. The van der Waals surface area contributed by atoms with Crippen LogP contribution in [0.1, 0.15) is 45.7 Å². The molecule has 142 valence electrons. The molecule has 27 heavy (non-hydrogen) atoms. The van der Waals surface area contributed by atoms with E-state index in [1.54, 1.807) is 24.3 Å². The largest absolute Gasteiger partial charge is 0.507 e. The predicted octanol–water partition coefficient (Wildman–Crippen LogP) is 4.69. The van der Waals surface area contributed by atoms with Crippen molar-refractivity contribution in [3.8, 4) is 11.5 Å². The number of carbonyl (C=O) groups excluding carboxylic acids is 1. The summed E-state index contributed by atoms with van der Waals surface area (Å²) in [6.07, 6.45) is 2.12. The molecule has 0 amide bonds. The lowest BCUT2D eigenvalue weighted by Crippen LogP contribution is -2.13. The quantitative estimate of drug-likeness (QED) is 0.531. The Balaban J connectivity index is 2.60. The lowest BCUT2D eigenvalue weighted by molar-refractivity contribution is 0.0692. The maximum Gasteiger partial charge on any atom is 0.339 e. The van der Waals surface area contributed by atoms with E-state index in [2.05, 4.69) is 0 Å². The molecule has 0 atom stereocenters. The van der Waals surface area contributed by atoms with E-state index in [9.17, 15) is 19.8 Å². The molecule has 2 rings (SSSR count). The highest BCUT2D eigenvalue weighted by Gasteiger charge is 2.24. The molecule has 2 N–H and O–H groups in total. The van der Waals surface area contributed by atoms with Crippen LogP contribution in [-0.2, 0) is 12.8 Å². The van der Waals surface area contributed by atoms with Crippen LogP contribution in [-0.4, -0.2) is 29.1 Å². The van der Waals surface area contributed by atoms with Crippen LogP contribution in [0.3, 0.4) is 0 Å². The number of methoxy groups -OCH3 is 1. The van der Waals surface area contributed by atoms with Gasteiger partial charge in [-0.05, 0) is 50.1 Å². The highest BCUT2D eigenvalue weighted by Crippen LogP contribution is 2.35. The minimum atomic E-state index is -1.30. The first-order valence-corrected chi connectivity index (χ1v) is 8.69. The first kappa shape index (κ1) is 20.5. The van der Waals surface area contributed by atoms with Gasteiger partial charge in [0.25, 0.3) is 0 Å². The third-order valence-corrected chi connectivity index (χ3v) is 4.39.